The average molecular weight is 274 g/mol. The van der Waals surface area contributed by atoms with Crippen LogP contribution in [0.5, 0.6) is 0 Å². The molecule has 0 aliphatic rings. The van der Waals surface area contributed by atoms with Crippen LogP contribution in [0.4, 0.5) is 13.2 Å². The van der Waals surface area contributed by atoms with E-state index in [9.17, 15) is 18.0 Å². The van der Waals surface area contributed by atoms with E-state index in [2.05, 4.69) is 5.32 Å². The smallest absolute Gasteiger partial charge is 0.351 e. The van der Waals surface area contributed by atoms with Gasteiger partial charge in [0.05, 0.1) is 11.6 Å². The third-order valence-electron chi connectivity index (χ3n) is 2.66. The van der Waals surface area contributed by atoms with Crippen LogP contribution in [0.3, 0.4) is 0 Å². The van der Waals surface area contributed by atoms with Crippen LogP contribution in [-0.4, -0.2) is 11.9 Å². The molecule has 1 aromatic carbocycles. The fraction of sp³-hybridized carbons (Fsp3) is 0.462. The number of hydrogen-bond donors (Lipinski definition) is 2. The number of halogens is 3. The summed E-state index contributed by atoms with van der Waals surface area (Å²) in [5.41, 5.74) is 5.27. The van der Waals surface area contributed by atoms with Crippen LogP contribution in [-0.2, 0) is 17.5 Å². The molecule has 0 spiro atoms. The van der Waals surface area contributed by atoms with E-state index in [1.54, 1.807) is 0 Å². The summed E-state index contributed by atoms with van der Waals surface area (Å²) in [4.78, 5) is 11.5. The third kappa shape index (κ3) is 4.90. The number of hydrogen-bond acceptors (Lipinski definition) is 2. The zero-order valence-corrected chi connectivity index (χ0v) is 10.6. The lowest BCUT2D eigenvalue weighted by atomic mass is 10.1. The Bertz CT molecular complexity index is 432. The van der Waals surface area contributed by atoms with Crippen LogP contribution in [0, 0.1) is 0 Å². The highest BCUT2D eigenvalue weighted by Gasteiger charge is 2.30. The Morgan fingerprint density at radius 3 is 2.68 bits per heavy atom. The first-order valence-corrected chi connectivity index (χ1v) is 6.04. The van der Waals surface area contributed by atoms with Gasteiger partial charge in [0.1, 0.15) is 0 Å². The first kappa shape index (κ1) is 15.5. The van der Waals surface area contributed by atoms with Gasteiger partial charge in [-0.3, -0.25) is 4.79 Å². The van der Waals surface area contributed by atoms with Crippen LogP contribution in [0.25, 0.3) is 0 Å². The molecule has 0 unspecified atom stereocenters. The highest BCUT2D eigenvalue weighted by Crippen LogP contribution is 2.29. The Labute approximate surface area is 110 Å². The highest BCUT2D eigenvalue weighted by atomic mass is 19.4. The van der Waals surface area contributed by atoms with Crippen molar-refractivity contribution < 1.29 is 18.0 Å². The lowest BCUT2D eigenvalue weighted by Gasteiger charge is -2.12. The van der Waals surface area contributed by atoms with Gasteiger partial charge in [0.15, 0.2) is 0 Å². The van der Waals surface area contributed by atoms with E-state index in [4.69, 9.17) is 5.73 Å². The van der Waals surface area contributed by atoms with Gasteiger partial charge in [-0.1, -0.05) is 25.5 Å². The molecule has 1 aromatic rings. The van der Waals surface area contributed by atoms with Crippen molar-refractivity contribution >= 4 is 5.91 Å². The molecule has 3 nitrogen and oxygen atoms in total. The molecule has 19 heavy (non-hydrogen) atoms. The van der Waals surface area contributed by atoms with Crippen molar-refractivity contribution in [1.82, 2.24) is 5.32 Å². The number of alkyl halides is 3. The van der Waals surface area contributed by atoms with Gasteiger partial charge in [-0.2, -0.15) is 13.2 Å². The molecule has 0 fully saturated rings. The van der Waals surface area contributed by atoms with Crippen molar-refractivity contribution in [3.63, 3.8) is 0 Å². The van der Waals surface area contributed by atoms with Crippen LogP contribution < -0.4 is 11.1 Å². The topological polar surface area (TPSA) is 55.1 Å². The summed E-state index contributed by atoms with van der Waals surface area (Å²) in [6.07, 6.45) is -3.05. The standard InChI is InChI=1S/C13H17F3N2O/c1-2-4-11(17)12(19)18-8-9-5-3-6-10(7-9)13(14,15)16/h3,5-7,11H,2,4,8,17H2,1H3,(H,18,19)/t11-/m0/s1. The number of nitrogens with two attached hydrogens (primary N) is 1. The fourth-order valence-electron chi connectivity index (χ4n) is 1.62. The molecule has 0 aromatic heterocycles. The first-order valence-electron chi connectivity index (χ1n) is 6.04. The molecule has 6 heteroatoms. The zero-order valence-electron chi connectivity index (χ0n) is 10.6. The van der Waals surface area contributed by atoms with E-state index in [0.29, 0.717) is 12.0 Å². The largest absolute Gasteiger partial charge is 0.416 e. The number of benzene rings is 1. The van der Waals surface area contributed by atoms with E-state index < -0.39 is 17.8 Å². The summed E-state index contributed by atoms with van der Waals surface area (Å²) < 4.78 is 37.5. The van der Waals surface area contributed by atoms with Gasteiger partial charge in [-0.05, 0) is 24.1 Å². The molecule has 0 saturated carbocycles. The maximum atomic E-state index is 12.5. The second-order valence-electron chi connectivity index (χ2n) is 4.31. The molecule has 0 radical (unpaired) electrons. The van der Waals surface area contributed by atoms with Crippen LogP contribution in [0.2, 0.25) is 0 Å². The molecule has 0 aliphatic carbocycles. The van der Waals surface area contributed by atoms with E-state index in [0.717, 1.165) is 18.6 Å². The Kier molecular flexibility index (Phi) is 5.35. The summed E-state index contributed by atoms with van der Waals surface area (Å²) >= 11 is 0. The van der Waals surface area contributed by atoms with Crippen molar-refractivity contribution in [2.75, 3.05) is 0 Å². The molecular weight excluding hydrogens is 257 g/mol. The van der Waals surface area contributed by atoms with Crippen molar-refractivity contribution in [1.29, 1.82) is 0 Å². The Hall–Kier alpha value is -1.56. The average Bonchev–Trinajstić information content (AvgIpc) is 2.35. The minimum Gasteiger partial charge on any atom is -0.351 e. The number of carbonyl (C=O) groups excluding carboxylic acids is 1. The minimum absolute atomic E-state index is 0.0418. The number of amides is 1. The predicted octanol–water partition coefficient (Wildman–Crippen LogP) is 2.45. The van der Waals surface area contributed by atoms with Gasteiger partial charge in [0.25, 0.3) is 0 Å². The molecule has 106 valence electrons. The van der Waals surface area contributed by atoms with Crippen LogP contribution in [0.15, 0.2) is 24.3 Å². The monoisotopic (exact) mass is 274 g/mol. The van der Waals surface area contributed by atoms with Crippen molar-refractivity contribution in [3.8, 4) is 0 Å². The number of carbonyl (C=O) groups is 1. The van der Waals surface area contributed by atoms with Gasteiger partial charge >= 0.3 is 6.18 Å². The summed E-state index contributed by atoms with van der Waals surface area (Å²) in [5, 5.41) is 2.53. The van der Waals surface area contributed by atoms with E-state index in [-0.39, 0.29) is 12.5 Å². The lowest BCUT2D eigenvalue weighted by molar-refractivity contribution is -0.137. The second-order valence-corrected chi connectivity index (χ2v) is 4.31. The molecule has 0 bridgehead atoms. The van der Waals surface area contributed by atoms with Gasteiger partial charge in [0, 0.05) is 6.54 Å². The molecule has 1 rings (SSSR count). The minimum atomic E-state index is -4.38. The molecule has 0 saturated heterocycles. The van der Waals surface area contributed by atoms with Crippen LogP contribution in [0.1, 0.15) is 30.9 Å². The van der Waals surface area contributed by atoms with Crippen molar-refractivity contribution in [3.05, 3.63) is 35.4 Å². The quantitative estimate of drug-likeness (QED) is 0.866. The van der Waals surface area contributed by atoms with Crippen molar-refractivity contribution in [2.45, 2.75) is 38.5 Å². The molecule has 0 aliphatic heterocycles. The zero-order chi connectivity index (χ0) is 14.5. The molecule has 1 amide bonds. The van der Waals surface area contributed by atoms with Gasteiger partial charge in [0.2, 0.25) is 5.91 Å². The van der Waals surface area contributed by atoms with E-state index in [1.165, 1.54) is 12.1 Å². The summed E-state index contributed by atoms with van der Waals surface area (Å²) in [6.45, 7) is 1.94. The SMILES string of the molecule is CCC[C@H](N)C(=O)NCc1cccc(C(F)(F)F)c1. The maximum Gasteiger partial charge on any atom is 0.416 e. The Morgan fingerprint density at radius 1 is 1.42 bits per heavy atom. The molecular formula is C13H17F3N2O. The van der Waals surface area contributed by atoms with Gasteiger partial charge in [-0.15, -0.1) is 0 Å². The number of nitrogens with one attached hydrogen (secondary N) is 1. The van der Waals surface area contributed by atoms with Gasteiger partial charge in [-0.25, -0.2) is 0 Å². The Morgan fingerprint density at radius 2 is 2.11 bits per heavy atom. The van der Waals surface area contributed by atoms with Crippen molar-refractivity contribution in [2.24, 2.45) is 5.73 Å². The first-order chi connectivity index (χ1) is 8.84. The number of rotatable bonds is 5. The predicted molar refractivity (Wildman–Crippen MR) is 66.2 cm³/mol. The van der Waals surface area contributed by atoms with Crippen LogP contribution >= 0.6 is 0 Å². The summed E-state index contributed by atoms with van der Waals surface area (Å²) in [7, 11) is 0. The lowest BCUT2D eigenvalue weighted by Crippen LogP contribution is -2.40. The molecule has 3 N–H and O–H groups in total. The molecule has 1 atom stereocenters. The highest BCUT2D eigenvalue weighted by molar-refractivity contribution is 5.81. The summed E-state index contributed by atoms with van der Waals surface area (Å²) in [6, 6.07) is 4.24. The second kappa shape index (κ2) is 6.56. The molecule has 0 heterocycles. The summed E-state index contributed by atoms with van der Waals surface area (Å²) in [5.74, 6) is -0.348. The maximum absolute atomic E-state index is 12.5. The fourth-order valence-corrected chi connectivity index (χ4v) is 1.62. The Balaban J connectivity index is 2.61. The van der Waals surface area contributed by atoms with E-state index >= 15 is 0 Å². The third-order valence-corrected chi connectivity index (χ3v) is 2.66. The normalized spacial score (nSPS) is 13.1. The van der Waals surface area contributed by atoms with Gasteiger partial charge < -0.3 is 11.1 Å². The van der Waals surface area contributed by atoms with E-state index in [1.807, 2.05) is 6.92 Å².